The molecule has 0 amide bonds. The quantitative estimate of drug-likeness (QED) is 0.471. The van der Waals surface area contributed by atoms with Crippen LogP contribution in [0.5, 0.6) is 5.75 Å². The molecule has 5 nitrogen and oxygen atoms in total. The Bertz CT molecular complexity index is 1170. The van der Waals surface area contributed by atoms with Gasteiger partial charge in [0.1, 0.15) is 16.8 Å². The summed E-state index contributed by atoms with van der Waals surface area (Å²) in [5.74, 6) is 0.795. The van der Waals surface area contributed by atoms with Crippen LogP contribution in [0.2, 0.25) is 5.02 Å². The summed E-state index contributed by atoms with van der Waals surface area (Å²) in [6.45, 7) is 1.91. The van der Waals surface area contributed by atoms with Crippen LogP contribution in [-0.4, -0.2) is 21.6 Å². The lowest BCUT2D eigenvalue weighted by atomic mass is 10.2. The minimum Gasteiger partial charge on any atom is -0.497 e. The van der Waals surface area contributed by atoms with E-state index in [9.17, 15) is 4.79 Å². The van der Waals surface area contributed by atoms with Crippen molar-refractivity contribution in [3.63, 3.8) is 0 Å². The number of ether oxygens (including phenoxy) is 1. The van der Waals surface area contributed by atoms with Gasteiger partial charge in [0.25, 0.3) is 5.56 Å². The molecule has 0 spiro atoms. The summed E-state index contributed by atoms with van der Waals surface area (Å²) in [6.07, 6.45) is 1.49. The van der Waals surface area contributed by atoms with Gasteiger partial charge in [-0.05, 0) is 42.8 Å². The lowest BCUT2D eigenvalue weighted by Gasteiger charge is -2.10. The second-order valence-corrected chi connectivity index (χ2v) is 8.46. The van der Waals surface area contributed by atoms with Crippen LogP contribution in [0.1, 0.15) is 5.56 Å². The molecule has 0 saturated carbocycles. The number of hydrogen-bond acceptors (Lipinski definition) is 6. The fraction of sp³-hybridized carbons (Fsp3) is 0.105. The Balaban J connectivity index is 1.75. The fourth-order valence-corrected chi connectivity index (χ4v) is 4.98. The maximum atomic E-state index is 13.0. The van der Waals surface area contributed by atoms with Gasteiger partial charge in [-0.25, -0.2) is 9.97 Å². The molecule has 0 unspecified atom stereocenters. The number of fused-ring (bicyclic) bond motifs is 1. The SMILES string of the molecule is COc1ccc(Sc2nc3ncn(-c4c(C)cccc4Cl)c(=O)c3s2)cc1. The van der Waals surface area contributed by atoms with Gasteiger partial charge in [-0.1, -0.05) is 46.8 Å². The van der Waals surface area contributed by atoms with E-state index in [1.54, 1.807) is 13.2 Å². The van der Waals surface area contributed by atoms with E-state index in [1.165, 1.54) is 34.0 Å². The minimum absolute atomic E-state index is 0.171. The first-order valence-electron chi connectivity index (χ1n) is 8.02. The summed E-state index contributed by atoms with van der Waals surface area (Å²) < 4.78 is 7.92. The number of nitrogens with zero attached hydrogens (tertiary/aromatic N) is 3. The number of thiazole rings is 1. The topological polar surface area (TPSA) is 57.0 Å². The largest absolute Gasteiger partial charge is 0.497 e. The Morgan fingerprint density at radius 3 is 2.67 bits per heavy atom. The second-order valence-electron chi connectivity index (χ2n) is 5.74. The van der Waals surface area contributed by atoms with Crippen molar-refractivity contribution in [3.05, 3.63) is 69.7 Å². The van der Waals surface area contributed by atoms with Crippen LogP contribution >= 0.6 is 34.7 Å². The van der Waals surface area contributed by atoms with Crippen molar-refractivity contribution in [2.75, 3.05) is 7.11 Å². The molecule has 0 radical (unpaired) electrons. The van der Waals surface area contributed by atoms with Crippen LogP contribution in [0.25, 0.3) is 16.0 Å². The summed E-state index contributed by atoms with van der Waals surface area (Å²) in [6, 6.07) is 13.2. The number of hydrogen-bond donors (Lipinski definition) is 0. The molecule has 0 fully saturated rings. The Kier molecular flexibility index (Phi) is 4.90. The third kappa shape index (κ3) is 3.45. The van der Waals surface area contributed by atoms with Gasteiger partial charge in [0.2, 0.25) is 0 Å². The van der Waals surface area contributed by atoms with Crippen LogP contribution in [0.15, 0.2) is 62.8 Å². The average Bonchev–Trinajstić information content (AvgIpc) is 3.07. The lowest BCUT2D eigenvalue weighted by molar-refractivity contribution is 0.414. The van der Waals surface area contributed by atoms with Crippen molar-refractivity contribution >= 4 is 45.0 Å². The van der Waals surface area contributed by atoms with Gasteiger partial charge in [0.05, 0.1) is 17.8 Å². The normalized spacial score (nSPS) is 11.1. The average molecular weight is 416 g/mol. The maximum absolute atomic E-state index is 13.0. The van der Waals surface area contributed by atoms with Crippen molar-refractivity contribution in [2.45, 2.75) is 16.2 Å². The van der Waals surface area contributed by atoms with E-state index >= 15 is 0 Å². The first-order chi connectivity index (χ1) is 13.1. The fourth-order valence-electron chi connectivity index (χ4n) is 2.67. The van der Waals surface area contributed by atoms with E-state index in [2.05, 4.69) is 9.97 Å². The summed E-state index contributed by atoms with van der Waals surface area (Å²) >= 11 is 9.13. The number of methoxy groups -OCH3 is 1. The molecular formula is C19H14ClN3O2S2. The molecule has 0 N–H and O–H groups in total. The Labute approximate surface area is 168 Å². The second kappa shape index (κ2) is 7.34. The molecule has 2 aromatic heterocycles. The highest BCUT2D eigenvalue weighted by Gasteiger charge is 2.15. The van der Waals surface area contributed by atoms with Crippen LogP contribution in [0.3, 0.4) is 0 Å². The van der Waals surface area contributed by atoms with Gasteiger partial charge >= 0.3 is 0 Å². The number of benzene rings is 2. The van der Waals surface area contributed by atoms with Gasteiger partial charge in [-0.15, -0.1) is 0 Å². The lowest BCUT2D eigenvalue weighted by Crippen LogP contribution is -2.19. The zero-order valence-electron chi connectivity index (χ0n) is 14.5. The molecule has 4 rings (SSSR count). The van der Waals surface area contributed by atoms with Crippen molar-refractivity contribution in [2.24, 2.45) is 0 Å². The molecule has 0 aliphatic heterocycles. The highest BCUT2D eigenvalue weighted by atomic mass is 35.5. The summed E-state index contributed by atoms with van der Waals surface area (Å²) in [7, 11) is 1.63. The third-order valence-corrected chi connectivity index (χ3v) is 6.40. The van der Waals surface area contributed by atoms with Crippen LogP contribution in [0, 0.1) is 6.92 Å². The van der Waals surface area contributed by atoms with E-state index in [0.717, 1.165) is 20.5 Å². The zero-order chi connectivity index (χ0) is 19.0. The standard InChI is InChI=1S/C19H14ClN3O2S2/c1-11-4-3-5-14(20)15(11)23-10-21-17-16(18(23)24)27-19(22-17)26-13-8-6-12(25-2)7-9-13/h3-10H,1-2H3. The minimum atomic E-state index is -0.171. The molecular weight excluding hydrogens is 402 g/mol. The molecule has 0 aliphatic carbocycles. The van der Waals surface area contributed by atoms with Crippen LogP contribution in [-0.2, 0) is 0 Å². The molecule has 0 atom stereocenters. The van der Waals surface area contributed by atoms with Crippen molar-refractivity contribution in [3.8, 4) is 11.4 Å². The Morgan fingerprint density at radius 1 is 1.19 bits per heavy atom. The van der Waals surface area contributed by atoms with Gasteiger partial charge in [-0.3, -0.25) is 9.36 Å². The molecule has 27 heavy (non-hydrogen) atoms. The zero-order valence-corrected chi connectivity index (χ0v) is 16.9. The van der Waals surface area contributed by atoms with E-state index in [0.29, 0.717) is 21.1 Å². The summed E-state index contributed by atoms with van der Waals surface area (Å²) in [5, 5.41) is 0.510. The van der Waals surface area contributed by atoms with E-state index < -0.39 is 0 Å². The number of rotatable bonds is 4. The van der Waals surface area contributed by atoms with E-state index in [1.807, 2.05) is 43.3 Å². The molecule has 8 heteroatoms. The Morgan fingerprint density at radius 2 is 1.96 bits per heavy atom. The van der Waals surface area contributed by atoms with E-state index in [4.69, 9.17) is 16.3 Å². The highest BCUT2D eigenvalue weighted by molar-refractivity contribution is 8.01. The van der Waals surface area contributed by atoms with Gasteiger partial charge in [0.15, 0.2) is 9.99 Å². The number of para-hydroxylation sites is 1. The third-order valence-electron chi connectivity index (χ3n) is 3.99. The number of aryl methyl sites for hydroxylation is 1. The van der Waals surface area contributed by atoms with Gasteiger partial charge in [-0.2, -0.15) is 0 Å². The predicted molar refractivity (Wildman–Crippen MR) is 110 cm³/mol. The van der Waals surface area contributed by atoms with Crippen LogP contribution < -0.4 is 10.3 Å². The van der Waals surface area contributed by atoms with Crippen molar-refractivity contribution in [1.29, 1.82) is 0 Å². The molecule has 2 heterocycles. The molecule has 0 saturated heterocycles. The summed E-state index contributed by atoms with van der Waals surface area (Å²) in [5.41, 5.74) is 1.83. The van der Waals surface area contributed by atoms with Crippen molar-refractivity contribution < 1.29 is 4.74 Å². The predicted octanol–water partition coefficient (Wildman–Crippen LogP) is 4.96. The van der Waals surface area contributed by atoms with E-state index in [-0.39, 0.29) is 5.56 Å². The van der Waals surface area contributed by atoms with Gasteiger partial charge < -0.3 is 4.74 Å². The highest BCUT2D eigenvalue weighted by Crippen LogP contribution is 2.33. The summed E-state index contributed by atoms with van der Waals surface area (Å²) in [4.78, 5) is 22.8. The maximum Gasteiger partial charge on any atom is 0.277 e. The molecule has 0 bridgehead atoms. The first-order valence-corrected chi connectivity index (χ1v) is 10.0. The van der Waals surface area contributed by atoms with Crippen molar-refractivity contribution in [1.82, 2.24) is 14.5 Å². The Hall–Kier alpha value is -2.35. The molecule has 4 aromatic rings. The molecule has 136 valence electrons. The molecule has 0 aliphatic rings. The number of aromatic nitrogens is 3. The first kappa shape index (κ1) is 18.0. The van der Waals surface area contributed by atoms with Crippen LogP contribution in [0.4, 0.5) is 0 Å². The smallest absolute Gasteiger partial charge is 0.277 e. The number of halogens is 1. The monoisotopic (exact) mass is 415 g/mol. The van der Waals surface area contributed by atoms with Gasteiger partial charge in [0, 0.05) is 4.90 Å². The molecule has 2 aromatic carbocycles.